The molecule has 8 nitrogen and oxygen atoms in total. The first-order valence-electron chi connectivity index (χ1n) is 9.72. The molecule has 10 heteroatoms. The minimum Gasteiger partial charge on any atom is -0.455 e. The van der Waals surface area contributed by atoms with E-state index in [1.165, 1.54) is 6.20 Å². The summed E-state index contributed by atoms with van der Waals surface area (Å²) in [5.41, 5.74) is -0.413. The lowest BCUT2D eigenvalue weighted by Gasteiger charge is -2.37. The molecule has 2 aliphatic rings. The quantitative estimate of drug-likeness (QED) is 0.695. The van der Waals surface area contributed by atoms with E-state index in [0.717, 1.165) is 19.2 Å². The van der Waals surface area contributed by atoms with Crippen molar-refractivity contribution in [2.45, 2.75) is 20.8 Å². The molecule has 0 radical (unpaired) electrons. The maximum Gasteiger partial charge on any atom is 0.511 e. The lowest BCUT2D eigenvalue weighted by molar-refractivity contribution is 0.144. The summed E-state index contributed by atoms with van der Waals surface area (Å²) < 4.78 is 27.8. The molecule has 3 heterocycles. The van der Waals surface area contributed by atoms with Gasteiger partial charge in [-0.05, 0) is 13.1 Å². The fourth-order valence-electron chi connectivity index (χ4n) is 3.72. The summed E-state index contributed by atoms with van der Waals surface area (Å²) >= 11 is 0. The number of likely N-dealkylation sites (N-methyl/N-ethyl adjacent to an activating group) is 1. The van der Waals surface area contributed by atoms with Crippen LogP contribution in [0, 0.1) is 11.2 Å². The fourth-order valence-corrected chi connectivity index (χ4v) is 3.72. The van der Waals surface area contributed by atoms with Crippen LogP contribution in [0.5, 0.6) is 11.5 Å². The number of halogens is 2. The molecule has 2 aliphatic heterocycles. The number of nitrogens with zero attached hydrogens (tertiary/aromatic N) is 3. The van der Waals surface area contributed by atoms with Gasteiger partial charge in [-0.15, -0.1) is 12.4 Å². The Kier molecular flexibility index (Phi) is 5.94. The third-order valence-corrected chi connectivity index (χ3v) is 5.39. The standard InChI is InChI=1S/C21H24FN3O5.ClH/c1-21(2,3)15-11-25-10-14(29-20(27)28)18(26)12-9-13(22)17(19(30-15)16(12)25)24-7-5-23(4)6-8-24;/h9-11H,5-8H2,1-4H3,(H,27,28);1H. The fraction of sp³-hybridized carbons (Fsp3) is 0.429. The van der Waals surface area contributed by atoms with Crippen LogP contribution in [0.2, 0.25) is 0 Å². The second-order valence-electron chi connectivity index (χ2n) is 8.67. The van der Waals surface area contributed by atoms with Crippen molar-refractivity contribution in [1.29, 1.82) is 0 Å². The van der Waals surface area contributed by atoms with E-state index >= 15 is 4.39 Å². The molecular formula is C21H25ClFN3O5. The van der Waals surface area contributed by atoms with Gasteiger partial charge in [-0.3, -0.25) is 4.79 Å². The third-order valence-electron chi connectivity index (χ3n) is 5.39. The Balaban J connectivity index is 0.00000272. The molecule has 0 amide bonds. The Labute approximate surface area is 184 Å². The molecule has 0 bridgehead atoms. The van der Waals surface area contributed by atoms with Gasteiger partial charge in [0.15, 0.2) is 17.3 Å². The van der Waals surface area contributed by atoms with E-state index in [1.807, 2.05) is 32.7 Å². The molecule has 2 aromatic rings. The highest BCUT2D eigenvalue weighted by molar-refractivity contribution is 5.94. The number of ether oxygens (including phenoxy) is 2. The van der Waals surface area contributed by atoms with Gasteiger partial charge in [0.1, 0.15) is 17.0 Å². The second-order valence-corrected chi connectivity index (χ2v) is 8.67. The topological polar surface area (TPSA) is 84.2 Å². The second kappa shape index (κ2) is 8.05. The van der Waals surface area contributed by atoms with Crippen molar-refractivity contribution in [3.8, 4) is 11.5 Å². The Morgan fingerprint density at radius 3 is 2.45 bits per heavy atom. The lowest BCUT2D eigenvalue weighted by Crippen LogP contribution is -2.45. The minimum atomic E-state index is -1.61. The summed E-state index contributed by atoms with van der Waals surface area (Å²) in [5.74, 6) is -0.157. The molecule has 31 heavy (non-hydrogen) atoms. The molecule has 0 saturated carbocycles. The highest BCUT2D eigenvalue weighted by atomic mass is 35.5. The first-order chi connectivity index (χ1) is 14.1. The van der Waals surface area contributed by atoms with E-state index in [0.29, 0.717) is 30.1 Å². The molecule has 168 valence electrons. The van der Waals surface area contributed by atoms with Gasteiger partial charge in [0.25, 0.3) is 0 Å². The molecule has 1 fully saturated rings. The zero-order valence-electron chi connectivity index (χ0n) is 17.8. The molecule has 4 rings (SSSR count). The molecule has 0 unspecified atom stereocenters. The van der Waals surface area contributed by atoms with Crippen LogP contribution in [0.25, 0.3) is 17.1 Å². The van der Waals surface area contributed by atoms with Crippen LogP contribution in [0.4, 0.5) is 14.9 Å². The van der Waals surface area contributed by atoms with Crippen LogP contribution >= 0.6 is 12.4 Å². The highest BCUT2D eigenvalue weighted by Gasteiger charge is 2.32. The number of anilines is 1. The molecular weight excluding hydrogens is 429 g/mol. The SMILES string of the molecule is CN1CCN(c2c(F)cc3c(=O)c(OC(=O)O)cn4c3c2OC(C(C)(C)C)=C4)CC1.Cl. The van der Waals surface area contributed by atoms with Gasteiger partial charge in [0, 0.05) is 37.8 Å². The van der Waals surface area contributed by atoms with E-state index in [9.17, 15) is 9.59 Å². The van der Waals surface area contributed by atoms with Crippen molar-refractivity contribution in [3.63, 3.8) is 0 Å². The van der Waals surface area contributed by atoms with Crippen LogP contribution in [0.3, 0.4) is 0 Å². The summed E-state index contributed by atoms with van der Waals surface area (Å²) in [6.07, 6.45) is 1.37. The van der Waals surface area contributed by atoms with Crippen molar-refractivity contribution >= 4 is 41.4 Å². The number of allylic oxidation sites excluding steroid dienone is 1. The predicted octanol–water partition coefficient (Wildman–Crippen LogP) is 3.61. The van der Waals surface area contributed by atoms with Gasteiger partial charge in [-0.25, -0.2) is 9.18 Å². The Morgan fingerprint density at radius 1 is 1.23 bits per heavy atom. The van der Waals surface area contributed by atoms with E-state index in [2.05, 4.69) is 9.64 Å². The normalized spacial score (nSPS) is 16.4. The largest absolute Gasteiger partial charge is 0.511 e. The third kappa shape index (κ3) is 4.07. The summed E-state index contributed by atoms with van der Waals surface area (Å²) in [5, 5.41) is 8.98. The van der Waals surface area contributed by atoms with Gasteiger partial charge >= 0.3 is 6.16 Å². The van der Waals surface area contributed by atoms with E-state index < -0.39 is 22.8 Å². The Bertz CT molecular complexity index is 1130. The van der Waals surface area contributed by atoms with Crippen LogP contribution in [0.15, 0.2) is 22.8 Å². The van der Waals surface area contributed by atoms with E-state index in [4.69, 9.17) is 9.84 Å². The zero-order valence-corrected chi connectivity index (χ0v) is 18.6. The summed E-state index contributed by atoms with van der Waals surface area (Å²) in [7, 11) is 2.01. The van der Waals surface area contributed by atoms with Crippen molar-refractivity contribution in [2.75, 3.05) is 38.1 Å². The Hall–Kier alpha value is -2.78. The average Bonchev–Trinajstić information content (AvgIpc) is 2.65. The highest BCUT2D eigenvalue weighted by Crippen LogP contribution is 2.44. The van der Waals surface area contributed by atoms with Crippen LogP contribution in [0.1, 0.15) is 20.8 Å². The lowest BCUT2D eigenvalue weighted by atomic mass is 9.93. The maximum atomic E-state index is 15.3. The molecule has 0 spiro atoms. The molecule has 1 saturated heterocycles. The number of carboxylic acid groups (broad SMARTS) is 1. The molecule has 0 aliphatic carbocycles. The van der Waals surface area contributed by atoms with Crippen molar-refractivity contribution < 1.29 is 23.8 Å². The first kappa shape index (κ1) is 22.9. The monoisotopic (exact) mass is 453 g/mol. The van der Waals surface area contributed by atoms with Crippen molar-refractivity contribution in [2.24, 2.45) is 5.41 Å². The minimum absolute atomic E-state index is 0. The predicted molar refractivity (Wildman–Crippen MR) is 118 cm³/mol. The molecule has 1 N–H and O–H groups in total. The number of hydrogen-bond donors (Lipinski definition) is 1. The van der Waals surface area contributed by atoms with E-state index in [-0.39, 0.29) is 29.3 Å². The van der Waals surface area contributed by atoms with E-state index in [1.54, 1.807) is 10.8 Å². The van der Waals surface area contributed by atoms with Gasteiger partial charge in [-0.2, -0.15) is 0 Å². The van der Waals surface area contributed by atoms with Gasteiger partial charge < -0.3 is 28.9 Å². The molecule has 0 atom stereocenters. The Morgan fingerprint density at radius 2 is 1.87 bits per heavy atom. The maximum absolute atomic E-state index is 15.3. The number of rotatable bonds is 2. The van der Waals surface area contributed by atoms with Gasteiger partial charge in [-0.1, -0.05) is 20.8 Å². The number of aromatic nitrogens is 1. The summed E-state index contributed by atoms with van der Waals surface area (Å²) in [4.78, 5) is 27.9. The van der Waals surface area contributed by atoms with Crippen LogP contribution in [-0.2, 0) is 0 Å². The zero-order chi connectivity index (χ0) is 21.8. The summed E-state index contributed by atoms with van der Waals surface area (Å²) in [6.45, 7) is 8.64. The first-order valence-corrected chi connectivity index (χ1v) is 9.72. The van der Waals surface area contributed by atoms with Gasteiger partial charge in [0.2, 0.25) is 5.43 Å². The van der Waals surface area contributed by atoms with Crippen molar-refractivity contribution in [1.82, 2.24) is 9.47 Å². The van der Waals surface area contributed by atoms with Gasteiger partial charge in [0.05, 0.1) is 11.6 Å². The van der Waals surface area contributed by atoms with Crippen LogP contribution in [-0.4, -0.2) is 54.0 Å². The summed E-state index contributed by atoms with van der Waals surface area (Å²) in [6, 6.07) is 1.14. The number of carbonyl (C=O) groups is 1. The average molecular weight is 454 g/mol. The van der Waals surface area contributed by atoms with Crippen molar-refractivity contribution in [3.05, 3.63) is 34.1 Å². The van der Waals surface area contributed by atoms with Crippen LogP contribution < -0.4 is 19.8 Å². The number of piperazine rings is 1. The number of hydrogen-bond acceptors (Lipinski definition) is 6. The molecule has 1 aromatic carbocycles. The smallest absolute Gasteiger partial charge is 0.455 e. The molecule has 1 aromatic heterocycles. The number of pyridine rings is 1. The number of benzene rings is 1.